The van der Waals surface area contributed by atoms with Gasteiger partial charge in [-0.05, 0) is 12.5 Å². The van der Waals surface area contributed by atoms with Crippen LogP contribution in [0.3, 0.4) is 0 Å². The van der Waals surface area contributed by atoms with Gasteiger partial charge in [0.1, 0.15) is 0 Å². The summed E-state index contributed by atoms with van der Waals surface area (Å²) in [5.41, 5.74) is 5.72. The molecule has 3 nitrogen and oxygen atoms in total. The van der Waals surface area contributed by atoms with Gasteiger partial charge in [-0.15, -0.1) is 0 Å². The van der Waals surface area contributed by atoms with Gasteiger partial charge in [-0.1, -0.05) is 11.6 Å². The van der Waals surface area contributed by atoms with E-state index >= 15 is 0 Å². The average Bonchev–Trinajstić information content (AvgIpc) is 2.51. The second kappa shape index (κ2) is 3.71. The summed E-state index contributed by atoms with van der Waals surface area (Å²) in [6, 6.07) is 1.39. The minimum atomic E-state index is -0.383. The molecule has 76 valence electrons. The molecule has 0 amide bonds. The third kappa shape index (κ3) is 1.81. The van der Waals surface area contributed by atoms with Crippen molar-refractivity contribution in [1.82, 2.24) is 4.98 Å². The van der Waals surface area contributed by atoms with Gasteiger partial charge in [-0.2, -0.15) is 0 Å². The molecular weight excluding hydrogens is 205 g/mol. The average molecular weight is 216 g/mol. The zero-order valence-electron chi connectivity index (χ0n) is 7.58. The summed E-state index contributed by atoms with van der Waals surface area (Å²) in [4.78, 5) is 5.80. The highest BCUT2D eigenvalue weighted by atomic mass is 35.5. The van der Waals surface area contributed by atoms with Crippen molar-refractivity contribution in [2.75, 3.05) is 18.0 Å². The molecule has 1 aliphatic heterocycles. The fourth-order valence-electron chi connectivity index (χ4n) is 1.62. The predicted octanol–water partition coefficient (Wildman–Crippen LogP) is 1.41. The fraction of sp³-hybridized carbons (Fsp3) is 0.444. The molecule has 0 radical (unpaired) electrons. The third-order valence-corrected chi connectivity index (χ3v) is 2.52. The largest absolute Gasteiger partial charge is 0.353 e. The zero-order chi connectivity index (χ0) is 10.1. The van der Waals surface area contributed by atoms with Gasteiger partial charge in [0.2, 0.25) is 0 Å². The molecule has 5 heteroatoms. The second-order valence-electron chi connectivity index (χ2n) is 3.45. The molecule has 1 aliphatic rings. The van der Waals surface area contributed by atoms with Crippen LogP contribution in [-0.4, -0.2) is 24.1 Å². The van der Waals surface area contributed by atoms with Crippen molar-refractivity contribution in [3.63, 3.8) is 0 Å². The van der Waals surface area contributed by atoms with Crippen LogP contribution < -0.4 is 10.6 Å². The lowest BCUT2D eigenvalue weighted by Crippen LogP contribution is -2.27. The maximum absolute atomic E-state index is 13.4. The topological polar surface area (TPSA) is 42.1 Å². The van der Waals surface area contributed by atoms with Crippen LogP contribution >= 0.6 is 11.6 Å². The number of pyridine rings is 1. The Bertz CT molecular complexity index is 345. The van der Waals surface area contributed by atoms with Crippen molar-refractivity contribution in [3.8, 4) is 0 Å². The summed E-state index contributed by atoms with van der Waals surface area (Å²) in [7, 11) is 0. The van der Waals surface area contributed by atoms with E-state index in [4.69, 9.17) is 17.3 Å². The van der Waals surface area contributed by atoms with Crippen molar-refractivity contribution in [3.05, 3.63) is 23.1 Å². The maximum Gasteiger partial charge on any atom is 0.167 e. The van der Waals surface area contributed by atoms with E-state index in [0.29, 0.717) is 17.4 Å². The van der Waals surface area contributed by atoms with E-state index < -0.39 is 0 Å². The summed E-state index contributed by atoms with van der Waals surface area (Å²) < 4.78 is 13.4. The van der Waals surface area contributed by atoms with Crippen LogP contribution in [0.5, 0.6) is 0 Å². The van der Waals surface area contributed by atoms with Crippen LogP contribution in [0.2, 0.25) is 5.02 Å². The summed E-state index contributed by atoms with van der Waals surface area (Å²) in [5, 5.41) is 0.315. The monoisotopic (exact) mass is 215 g/mol. The summed E-state index contributed by atoms with van der Waals surface area (Å²) >= 11 is 5.61. The first-order valence-corrected chi connectivity index (χ1v) is 4.86. The molecule has 2 rings (SSSR count). The molecule has 0 bridgehead atoms. The van der Waals surface area contributed by atoms with Crippen molar-refractivity contribution in [1.29, 1.82) is 0 Å². The number of rotatable bonds is 1. The first-order chi connectivity index (χ1) is 6.66. The van der Waals surface area contributed by atoms with Crippen molar-refractivity contribution in [2.45, 2.75) is 12.5 Å². The number of halogens is 2. The molecule has 2 heterocycles. The third-order valence-electron chi connectivity index (χ3n) is 2.31. The van der Waals surface area contributed by atoms with Crippen LogP contribution in [0.15, 0.2) is 12.3 Å². The van der Waals surface area contributed by atoms with Gasteiger partial charge in [0.25, 0.3) is 0 Å². The Morgan fingerprint density at radius 1 is 1.64 bits per heavy atom. The smallest absolute Gasteiger partial charge is 0.167 e. The highest BCUT2D eigenvalue weighted by Crippen LogP contribution is 2.22. The molecule has 0 spiro atoms. The summed E-state index contributed by atoms with van der Waals surface area (Å²) in [6.45, 7) is 1.41. The molecule has 1 atom stereocenters. The first-order valence-electron chi connectivity index (χ1n) is 4.48. The molecule has 1 fully saturated rings. The number of aromatic nitrogens is 1. The minimum Gasteiger partial charge on any atom is -0.353 e. The fourth-order valence-corrected chi connectivity index (χ4v) is 1.76. The van der Waals surface area contributed by atoms with Gasteiger partial charge in [0, 0.05) is 25.3 Å². The van der Waals surface area contributed by atoms with E-state index in [2.05, 4.69) is 4.98 Å². The lowest BCUT2D eigenvalue weighted by Gasteiger charge is -2.17. The predicted molar refractivity (Wildman–Crippen MR) is 54.0 cm³/mol. The summed E-state index contributed by atoms with van der Waals surface area (Å²) in [5.74, 6) is -0.0334. The molecule has 1 aromatic heterocycles. The molecule has 0 aromatic carbocycles. The van der Waals surface area contributed by atoms with Crippen LogP contribution in [0.4, 0.5) is 10.2 Å². The van der Waals surface area contributed by atoms with Gasteiger partial charge in [0.15, 0.2) is 11.6 Å². The number of anilines is 1. The Kier molecular flexibility index (Phi) is 2.56. The molecule has 0 saturated carbocycles. The van der Waals surface area contributed by atoms with Crippen LogP contribution in [0.25, 0.3) is 0 Å². The summed E-state index contributed by atoms with van der Waals surface area (Å²) in [6.07, 6.45) is 2.33. The Labute approximate surface area is 86.7 Å². The number of hydrogen-bond acceptors (Lipinski definition) is 3. The number of nitrogens with zero attached hydrogens (tertiary/aromatic N) is 2. The van der Waals surface area contributed by atoms with E-state index in [9.17, 15) is 4.39 Å². The molecule has 0 aliphatic carbocycles. The van der Waals surface area contributed by atoms with E-state index in [0.717, 1.165) is 13.0 Å². The van der Waals surface area contributed by atoms with E-state index in [-0.39, 0.29) is 11.9 Å². The van der Waals surface area contributed by atoms with Crippen molar-refractivity contribution in [2.24, 2.45) is 5.73 Å². The van der Waals surface area contributed by atoms with Gasteiger partial charge >= 0.3 is 0 Å². The highest BCUT2D eigenvalue weighted by molar-refractivity contribution is 6.30. The maximum atomic E-state index is 13.4. The van der Waals surface area contributed by atoms with Gasteiger partial charge in [-0.3, -0.25) is 0 Å². The van der Waals surface area contributed by atoms with Crippen molar-refractivity contribution >= 4 is 17.4 Å². The second-order valence-corrected chi connectivity index (χ2v) is 3.89. The minimum absolute atomic E-state index is 0.117. The molecule has 1 saturated heterocycles. The van der Waals surface area contributed by atoms with Gasteiger partial charge < -0.3 is 10.6 Å². The molecule has 2 N–H and O–H groups in total. The number of hydrogen-bond donors (Lipinski definition) is 1. The lowest BCUT2D eigenvalue weighted by atomic mass is 10.3. The zero-order valence-corrected chi connectivity index (χ0v) is 8.34. The standard InChI is InChI=1S/C9H11ClFN3/c10-6-3-8(11)9(13-4-6)14-2-1-7(12)5-14/h3-4,7H,1-2,5,12H2. The molecule has 14 heavy (non-hydrogen) atoms. The lowest BCUT2D eigenvalue weighted by molar-refractivity contribution is 0.615. The first kappa shape index (κ1) is 9.68. The Hall–Kier alpha value is -0.870. The molecular formula is C9H11ClFN3. The van der Waals surface area contributed by atoms with E-state index in [1.165, 1.54) is 12.3 Å². The SMILES string of the molecule is NC1CCN(c2ncc(Cl)cc2F)C1. The van der Waals surface area contributed by atoms with E-state index in [1.807, 2.05) is 4.90 Å². The normalized spacial score (nSPS) is 21.6. The van der Waals surface area contributed by atoms with Gasteiger partial charge in [0.05, 0.1) is 5.02 Å². The van der Waals surface area contributed by atoms with Crippen LogP contribution in [-0.2, 0) is 0 Å². The Morgan fingerprint density at radius 3 is 3.00 bits per heavy atom. The van der Waals surface area contributed by atoms with Crippen molar-refractivity contribution < 1.29 is 4.39 Å². The quantitative estimate of drug-likeness (QED) is 0.770. The van der Waals surface area contributed by atoms with E-state index in [1.54, 1.807) is 0 Å². The Balaban J connectivity index is 2.24. The van der Waals surface area contributed by atoms with Crippen LogP contribution in [0, 0.1) is 5.82 Å². The molecule has 1 unspecified atom stereocenters. The molecule has 1 aromatic rings. The number of nitrogens with two attached hydrogens (primary N) is 1. The van der Waals surface area contributed by atoms with Crippen LogP contribution in [0.1, 0.15) is 6.42 Å². The highest BCUT2D eigenvalue weighted by Gasteiger charge is 2.22. The van der Waals surface area contributed by atoms with Gasteiger partial charge in [-0.25, -0.2) is 9.37 Å². The Morgan fingerprint density at radius 2 is 2.43 bits per heavy atom.